The Labute approximate surface area is 107 Å². The Kier molecular flexibility index (Phi) is 4.29. The zero-order chi connectivity index (χ0) is 12.8. The molecule has 0 fully saturated rings. The maximum Gasteiger partial charge on any atom is 0.226 e. The average molecular weight is 242 g/mol. The van der Waals surface area contributed by atoms with Crippen molar-refractivity contribution in [1.82, 2.24) is 10.3 Å². The summed E-state index contributed by atoms with van der Waals surface area (Å²) in [7, 11) is 0. The quantitative estimate of drug-likeness (QED) is 0.819. The van der Waals surface area contributed by atoms with E-state index < -0.39 is 0 Å². The number of unbranched alkanes of at least 4 members (excludes halogenated alkanes) is 1. The van der Waals surface area contributed by atoms with Gasteiger partial charge in [0.05, 0.1) is 17.6 Å². The molecule has 1 aromatic carbocycles. The normalized spacial score (nSPS) is 10.5. The van der Waals surface area contributed by atoms with E-state index in [1.54, 1.807) is 0 Å². The molecule has 0 aliphatic rings. The second-order valence-electron chi connectivity index (χ2n) is 4.38. The van der Waals surface area contributed by atoms with Crippen LogP contribution in [0.2, 0.25) is 0 Å². The molecule has 0 aliphatic carbocycles. The minimum atomic E-state index is 0.0474. The molecule has 2 rings (SSSR count). The molecule has 3 nitrogen and oxygen atoms in total. The summed E-state index contributed by atoms with van der Waals surface area (Å²) in [5.74, 6) is 0.0474. The van der Waals surface area contributed by atoms with Crippen LogP contribution in [0.4, 0.5) is 0 Å². The number of rotatable bonds is 5. The van der Waals surface area contributed by atoms with Gasteiger partial charge in [-0.25, -0.2) is 0 Å². The number of hydrogen-bond donors (Lipinski definition) is 1. The molecule has 0 saturated heterocycles. The first kappa shape index (κ1) is 12.6. The lowest BCUT2D eigenvalue weighted by molar-refractivity contribution is -0.120. The second kappa shape index (κ2) is 6.15. The number of amides is 1. The van der Waals surface area contributed by atoms with E-state index in [0.29, 0.717) is 6.42 Å². The molecular formula is C15H18N2O. The number of pyridine rings is 1. The van der Waals surface area contributed by atoms with Crippen molar-refractivity contribution < 1.29 is 4.79 Å². The molecule has 0 radical (unpaired) electrons. The van der Waals surface area contributed by atoms with Crippen LogP contribution in [-0.2, 0) is 11.2 Å². The van der Waals surface area contributed by atoms with Gasteiger partial charge >= 0.3 is 0 Å². The first-order valence-electron chi connectivity index (χ1n) is 6.41. The Morgan fingerprint density at radius 1 is 1.22 bits per heavy atom. The monoisotopic (exact) mass is 242 g/mol. The highest BCUT2D eigenvalue weighted by Crippen LogP contribution is 2.11. The maximum absolute atomic E-state index is 11.7. The van der Waals surface area contributed by atoms with Gasteiger partial charge in [-0.1, -0.05) is 37.6 Å². The van der Waals surface area contributed by atoms with Crippen molar-refractivity contribution in [3.63, 3.8) is 0 Å². The number of nitrogens with one attached hydrogen (secondary N) is 1. The van der Waals surface area contributed by atoms with Gasteiger partial charge in [0.15, 0.2) is 0 Å². The van der Waals surface area contributed by atoms with Crippen LogP contribution < -0.4 is 5.32 Å². The molecule has 2 aromatic rings. The number of aromatic nitrogens is 1. The Morgan fingerprint density at radius 3 is 2.89 bits per heavy atom. The third-order valence-corrected chi connectivity index (χ3v) is 2.85. The van der Waals surface area contributed by atoms with Crippen LogP contribution in [0.3, 0.4) is 0 Å². The van der Waals surface area contributed by atoms with Crippen LogP contribution in [0, 0.1) is 0 Å². The molecule has 1 aromatic heterocycles. The summed E-state index contributed by atoms with van der Waals surface area (Å²) >= 11 is 0. The van der Waals surface area contributed by atoms with Crippen molar-refractivity contribution in [2.45, 2.75) is 26.2 Å². The molecule has 1 N–H and O–H groups in total. The van der Waals surface area contributed by atoms with E-state index >= 15 is 0 Å². The van der Waals surface area contributed by atoms with Gasteiger partial charge in [0.25, 0.3) is 0 Å². The molecular weight excluding hydrogens is 224 g/mol. The van der Waals surface area contributed by atoms with Crippen molar-refractivity contribution in [2.75, 3.05) is 6.54 Å². The first-order valence-corrected chi connectivity index (χ1v) is 6.41. The summed E-state index contributed by atoms with van der Waals surface area (Å²) in [6.45, 7) is 2.86. The highest BCUT2D eigenvalue weighted by molar-refractivity contribution is 5.81. The number of fused-ring (bicyclic) bond motifs is 1. The molecule has 0 bridgehead atoms. The zero-order valence-electron chi connectivity index (χ0n) is 10.6. The highest BCUT2D eigenvalue weighted by atomic mass is 16.1. The molecule has 1 heterocycles. The van der Waals surface area contributed by atoms with E-state index in [-0.39, 0.29) is 5.91 Å². The van der Waals surface area contributed by atoms with E-state index in [1.807, 2.05) is 36.4 Å². The van der Waals surface area contributed by atoms with Crippen molar-refractivity contribution in [3.8, 4) is 0 Å². The van der Waals surface area contributed by atoms with Crippen LogP contribution in [-0.4, -0.2) is 17.4 Å². The fourth-order valence-corrected chi connectivity index (χ4v) is 1.84. The van der Waals surface area contributed by atoms with Gasteiger partial charge in [-0.15, -0.1) is 0 Å². The van der Waals surface area contributed by atoms with Gasteiger partial charge in [0.1, 0.15) is 0 Å². The van der Waals surface area contributed by atoms with Gasteiger partial charge in [0.2, 0.25) is 5.91 Å². The number of carbonyl (C=O) groups is 1. The van der Waals surface area contributed by atoms with Gasteiger partial charge in [-0.2, -0.15) is 0 Å². The minimum absolute atomic E-state index is 0.0474. The van der Waals surface area contributed by atoms with E-state index in [4.69, 9.17) is 0 Å². The standard InChI is InChI=1S/C15H18N2O/c1-2-3-10-16-15(18)11-13-9-8-12-6-4-5-7-14(12)17-13/h4-9H,2-3,10-11H2,1H3,(H,16,18). The van der Waals surface area contributed by atoms with Crippen LogP contribution in [0.5, 0.6) is 0 Å². The summed E-state index contributed by atoms with van der Waals surface area (Å²) in [6, 6.07) is 11.9. The zero-order valence-corrected chi connectivity index (χ0v) is 10.6. The Balaban J connectivity index is 2.01. The number of benzene rings is 1. The molecule has 3 heteroatoms. The molecule has 94 valence electrons. The van der Waals surface area contributed by atoms with Gasteiger partial charge < -0.3 is 5.32 Å². The molecule has 18 heavy (non-hydrogen) atoms. The van der Waals surface area contributed by atoms with Crippen molar-refractivity contribution in [1.29, 1.82) is 0 Å². The van der Waals surface area contributed by atoms with Crippen LogP contribution >= 0.6 is 0 Å². The molecule has 0 unspecified atom stereocenters. The lowest BCUT2D eigenvalue weighted by Crippen LogP contribution is -2.26. The molecule has 1 amide bonds. The predicted molar refractivity (Wildman–Crippen MR) is 73.4 cm³/mol. The maximum atomic E-state index is 11.7. The summed E-state index contributed by atoms with van der Waals surface area (Å²) < 4.78 is 0. The van der Waals surface area contributed by atoms with Crippen LogP contribution in [0.25, 0.3) is 10.9 Å². The molecule has 0 atom stereocenters. The SMILES string of the molecule is CCCCNC(=O)Cc1ccc2ccccc2n1. The third kappa shape index (κ3) is 3.29. The van der Waals surface area contributed by atoms with E-state index in [0.717, 1.165) is 36.0 Å². The van der Waals surface area contributed by atoms with Crippen molar-refractivity contribution in [3.05, 3.63) is 42.1 Å². The summed E-state index contributed by atoms with van der Waals surface area (Å²) in [4.78, 5) is 16.2. The largest absolute Gasteiger partial charge is 0.356 e. The van der Waals surface area contributed by atoms with E-state index in [1.165, 1.54) is 0 Å². The van der Waals surface area contributed by atoms with Gasteiger partial charge in [-0.3, -0.25) is 9.78 Å². The molecule has 0 aliphatic heterocycles. The van der Waals surface area contributed by atoms with E-state index in [2.05, 4.69) is 17.2 Å². The Morgan fingerprint density at radius 2 is 2.06 bits per heavy atom. The average Bonchev–Trinajstić information content (AvgIpc) is 2.39. The summed E-state index contributed by atoms with van der Waals surface area (Å²) in [6.07, 6.45) is 2.47. The van der Waals surface area contributed by atoms with Gasteiger partial charge in [-0.05, 0) is 18.6 Å². The Hall–Kier alpha value is -1.90. The van der Waals surface area contributed by atoms with Gasteiger partial charge in [0, 0.05) is 11.9 Å². The second-order valence-corrected chi connectivity index (χ2v) is 4.38. The van der Waals surface area contributed by atoms with E-state index in [9.17, 15) is 4.79 Å². The van der Waals surface area contributed by atoms with Crippen molar-refractivity contribution >= 4 is 16.8 Å². The molecule has 0 saturated carbocycles. The topological polar surface area (TPSA) is 42.0 Å². The first-order chi connectivity index (χ1) is 8.79. The smallest absolute Gasteiger partial charge is 0.226 e. The van der Waals surface area contributed by atoms with Crippen LogP contribution in [0.15, 0.2) is 36.4 Å². The molecule has 0 spiro atoms. The fourth-order valence-electron chi connectivity index (χ4n) is 1.84. The van der Waals surface area contributed by atoms with Crippen LogP contribution in [0.1, 0.15) is 25.5 Å². The summed E-state index contributed by atoms with van der Waals surface area (Å²) in [5, 5.41) is 4.01. The number of para-hydroxylation sites is 1. The number of hydrogen-bond acceptors (Lipinski definition) is 2. The minimum Gasteiger partial charge on any atom is -0.356 e. The number of carbonyl (C=O) groups excluding carboxylic acids is 1. The lowest BCUT2D eigenvalue weighted by atomic mass is 10.2. The number of nitrogens with zero attached hydrogens (tertiary/aromatic N) is 1. The van der Waals surface area contributed by atoms with Crippen molar-refractivity contribution in [2.24, 2.45) is 0 Å². The Bertz CT molecular complexity index is 537. The lowest BCUT2D eigenvalue weighted by Gasteiger charge is -2.05. The fraction of sp³-hybridized carbons (Fsp3) is 0.333. The third-order valence-electron chi connectivity index (χ3n) is 2.85. The summed E-state index contributed by atoms with van der Waals surface area (Å²) in [5.41, 5.74) is 1.76. The highest BCUT2D eigenvalue weighted by Gasteiger charge is 2.04. The predicted octanol–water partition coefficient (Wildman–Crippen LogP) is 2.69.